The molecule has 0 radical (unpaired) electrons. The number of hydrogen-bond donors (Lipinski definition) is 0. The summed E-state index contributed by atoms with van der Waals surface area (Å²) >= 11 is 0. The Morgan fingerprint density at radius 2 is 2.14 bits per heavy atom. The van der Waals surface area contributed by atoms with Gasteiger partial charge in [-0.05, 0) is 24.7 Å². The van der Waals surface area contributed by atoms with Crippen molar-refractivity contribution < 1.29 is 4.79 Å². The molecule has 0 aromatic rings. The van der Waals surface area contributed by atoms with Crippen molar-refractivity contribution >= 4 is 5.78 Å². The Morgan fingerprint density at radius 3 is 2.67 bits per heavy atom. The largest absolute Gasteiger partial charge is 0.377 e. The molecule has 0 aromatic heterocycles. The van der Waals surface area contributed by atoms with Gasteiger partial charge in [0.15, 0.2) is 5.78 Å². The summed E-state index contributed by atoms with van der Waals surface area (Å²) in [6.07, 6.45) is 10.4. The number of allylic oxidation sites excluding steroid dienone is 6. The van der Waals surface area contributed by atoms with Gasteiger partial charge in [0.25, 0.3) is 0 Å². The van der Waals surface area contributed by atoms with E-state index < -0.39 is 0 Å². The third kappa shape index (κ3) is 4.73. The molecule has 0 spiro atoms. The van der Waals surface area contributed by atoms with Crippen LogP contribution in [0.5, 0.6) is 0 Å². The molecule has 0 aromatic carbocycles. The van der Waals surface area contributed by atoms with E-state index in [1.54, 1.807) is 6.08 Å². The highest BCUT2D eigenvalue weighted by Crippen LogP contribution is 2.36. The average molecular weight is 287 g/mol. The Balaban J connectivity index is 3.11. The van der Waals surface area contributed by atoms with E-state index in [1.807, 2.05) is 25.2 Å². The molecule has 0 saturated carbocycles. The van der Waals surface area contributed by atoms with E-state index in [-0.39, 0.29) is 11.2 Å². The first-order valence-electron chi connectivity index (χ1n) is 7.78. The van der Waals surface area contributed by atoms with Crippen LogP contribution < -0.4 is 0 Å². The van der Waals surface area contributed by atoms with Crippen LogP contribution in [-0.4, -0.2) is 23.8 Å². The molecule has 0 fully saturated rings. The quantitative estimate of drug-likeness (QED) is 0.529. The van der Waals surface area contributed by atoms with Crippen molar-refractivity contribution in [1.82, 2.24) is 4.90 Å². The summed E-state index contributed by atoms with van der Waals surface area (Å²) in [4.78, 5) is 15.1. The number of Topliss-reactive ketones (excluding diaryl/α,β-unsaturated/α-hetero) is 1. The van der Waals surface area contributed by atoms with Crippen LogP contribution in [0.2, 0.25) is 0 Å². The number of nitrogens with zero attached hydrogens (tertiary/aromatic N) is 1. The fourth-order valence-electron chi connectivity index (χ4n) is 2.55. The van der Waals surface area contributed by atoms with Crippen molar-refractivity contribution in [3.63, 3.8) is 0 Å². The van der Waals surface area contributed by atoms with Crippen molar-refractivity contribution in [2.75, 3.05) is 13.1 Å². The topological polar surface area (TPSA) is 20.3 Å². The second-order valence-electron chi connectivity index (χ2n) is 6.75. The van der Waals surface area contributed by atoms with Crippen molar-refractivity contribution in [1.29, 1.82) is 0 Å². The molecule has 0 unspecified atom stereocenters. The maximum Gasteiger partial charge on any atom is 0.190 e. The van der Waals surface area contributed by atoms with Gasteiger partial charge in [-0.1, -0.05) is 58.6 Å². The third-order valence-electron chi connectivity index (χ3n) is 3.86. The van der Waals surface area contributed by atoms with Crippen LogP contribution in [0.3, 0.4) is 0 Å². The summed E-state index contributed by atoms with van der Waals surface area (Å²) in [5.74, 6) is 0.692. The Hall–Kier alpha value is -1.57. The molecule has 0 bridgehead atoms. The fourth-order valence-corrected chi connectivity index (χ4v) is 2.55. The molecule has 21 heavy (non-hydrogen) atoms. The summed E-state index contributed by atoms with van der Waals surface area (Å²) in [5.41, 5.74) is 1.48. The molecule has 1 heterocycles. The molecule has 1 aliphatic rings. The summed E-state index contributed by atoms with van der Waals surface area (Å²) in [6.45, 7) is 16.4. The number of hydrogen-bond acceptors (Lipinski definition) is 2. The zero-order valence-electron chi connectivity index (χ0n) is 14.1. The summed E-state index contributed by atoms with van der Waals surface area (Å²) < 4.78 is 0. The van der Waals surface area contributed by atoms with E-state index in [2.05, 4.69) is 45.4 Å². The Morgan fingerprint density at radius 1 is 1.48 bits per heavy atom. The number of ketones is 1. The molecule has 0 saturated heterocycles. The molecular weight excluding hydrogens is 258 g/mol. The smallest absolute Gasteiger partial charge is 0.190 e. The molecule has 0 atom stereocenters. The van der Waals surface area contributed by atoms with Crippen LogP contribution in [-0.2, 0) is 4.79 Å². The predicted molar refractivity (Wildman–Crippen MR) is 91.0 cm³/mol. The highest BCUT2D eigenvalue weighted by Gasteiger charge is 2.33. The number of carbonyl (C=O) groups is 1. The fraction of sp³-hybridized carbons (Fsp3) is 0.526. The molecule has 1 rings (SSSR count). The molecule has 116 valence electrons. The zero-order chi connectivity index (χ0) is 16.0. The van der Waals surface area contributed by atoms with Gasteiger partial charge in [-0.3, -0.25) is 4.79 Å². The van der Waals surface area contributed by atoms with Crippen LogP contribution in [0.1, 0.15) is 41.0 Å². The first-order valence-corrected chi connectivity index (χ1v) is 7.78. The first kappa shape index (κ1) is 17.5. The Kier molecular flexibility index (Phi) is 6.19. The molecule has 0 N–H and O–H groups in total. The average Bonchev–Trinajstić information content (AvgIpc) is 2.40. The van der Waals surface area contributed by atoms with Gasteiger partial charge < -0.3 is 4.90 Å². The minimum absolute atomic E-state index is 0.0808. The first-order chi connectivity index (χ1) is 9.81. The molecule has 0 aliphatic carbocycles. The second kappa shape index (κ2) is 7.44. The Bertz CT molecular complexity index is 478. The third-order valence-corrected chi connectivity index (χ3v) is 3.86. The van der Waals surface area contributed by atoms with E-state index in [0.717, 1.165) is 25.1 Å². The summed E-state index contributed by atoms with van der Waals surface area (Å²) in [7, 11) is 0. The van der Waals surface area contributed by atoms with Gasteiger partial charge in [0.1, 0.15) is 0 Å². The summed E-state index contributed by atoms with van der Waals surface area (Å²) in [5, 5.41) is 0. The standard InChI is InChI=1S/C19H29NO/c1-7-9-10-16(8-2)18(21)17-14-20(13-15(3)4)12-11-19(17,5)6/h7-10,14-15H,2,11-13H2,1,3-6H3/b9-7-,16-10+. The second-order valence-corrected chi connectivity index (χ2v) is 6.75. The predicted octanol–water partition coefficient (Wildman–Crippen LogP) is 4.52. The van der Waals surface area contributed by atoms with Gasteiger partial charge in [-0.25, -0.2) is 0 Å². The number of rotatable bonds is 6. The molecule has 2 heteroatoms. The minimum atomic E-state index is -0.0808. The zero-order valence-corrected chi connectivity index (χ0v) is 14.1. The maximum atomic E-state index is 12.8. The van der Waals surface area contributed by atoms with Crippen molar-refractivity contribution in [2.24, 2.45) is 11.3 Å². The van der Waals surface area contributed by atoms with Gasteiger partial charge in [-0.15, -0.1) is 0 Å². The van der Waals surface area contributed by atoms with Gasteiger partial charge in [0.2, 0.25) is 0 Å². The van der Waals surface area contributed by atoms with Gasteiger partial charge in [0, 0.05) is 30.4 Å². The van der Waals surface area contributed by atoms with E-state index in [4.69, 9.17) is 0 Å². The van der Waals surface area contributed by atoms with Crippen LogP contribution in [0.15, 0.2) is 48.2 Å². The highest BCUT2D eigenvalue weighted by atomic mass is 16.1. The lowest BCUT2D eigenvalue weighted by Crippen LogP contribution is -2.36. The molecule has 0 amide bonds. The minimum Gasteiger partial charge on any atom is -0.377 e. The van der Waals surface area contributed by atoms with Crippen LogP contribution in [0, 0.1) is 11.3 Å². The van der Waals surface area contributed by atoms with E-state index in [1.165, 1.54) is 0 Å². The lowest BCUT2D eigenvalue weighted by molar-refractivity contribution is -0.113. The lowest BCUT2D eigenvalue weighted by Gasteiger charge is -2.37. The van der Waals surface area contributed by atoms with Crippen LogP contribution in [0.4, 0.5) is 0 Å². The van der Waals surface area contributed by atoms with Crippen molar-refractivity contribution in [3.8, 4) is 0 Å². The monoisotopic (exact) mass is 287 g/mol. The van der Waals surface area contributed by atoms with E-state index in [0.29, 0.717) is 11.5 Å². The molecule has 2 nitrogen and oxygen atoms in total. The van der Waals surface area contributed by atoms with Crippen LogP contribution >= 0.6 is 0 Å². The number of carbonyl (C=O) groups excluding carboxylic acids is 1. The van der Waals surface area contributed by atoms with Gasteiger partial charge in [0.05, 0.1) is 0 Å². The summed E-state index contributed by atoms with van der Waals surface area (Å²) in [6, 6.07) is 0. The van der Waals surface area contributed by atoms with E-state index >= 15 is 0 Å². The van der Waals surface area contributed by atoms with Gasteiger partial charge >= 0.3 is 0 Å². The normalized spacial score (nSPS) is 19.0. The van der Waals surface area contributed by atoms with Crippen LogP contribution in [0.25, 0.3) is 0 Å². The van der Waals surface area contributed by atoms with Crippen molar-refractivity contribution in [2.45, 2.75) is 41.0 Å². The lowest BCUT2D eigenvalue weighted by atomic mass is 9.76. The molecular formula is C19H29NO. The van der Waals surface area contributed by atoms with Gasteiger partial charge in [-0.2, -0.15) is 0 Å². The SMILES string of the molecule is C=C/C(=C\C=C/C)C(=O)C1=CN(CC(C)C)CCC1(C)C. The maximum absolute atomic E-state index is 12.8. The molecule has 1 aliphatic heterocycles. The van der Waals surface area contributed by atoms with Crippen molar-refractivity contribution in [3.05, 3.63) is 48.2 Å². The van der Waals surface area contributed by atoms with E-state index in [9.17, 15) is 4.79 Å². The highest BCUT2D eigenvalue weighted by molar-refractivity contribution is 6.11. The Labute approximate surface area is 129 Å².